The van der Waals surface area contributed by atoms with E-state index in [0.29, 0.717) is 12.4 Å². The number of rotatable bonds is 4. The van der Waals surface area contributed by atoms with Gasteiger partial charge in [-0.2, -0.15) is 0 Å². The van der Waals surface area contributed by atoms with Gasteiger partial charge < -0.3 is 14.6 Å². The van der Waals surface area contributed by atoms with Crippen LogP contribution in [-0.4, -0.2) is 15.7 Å². The number of fused-ring (bicyclic) bond motifs is 3. The van der Waals surface area contributed by atoms with Gasteiger partial charge >= 0.3 is 0 Å². The smallest absolute Gasteiger partial charge is 0.258 e. The van der Waals surface area contributed by atoms with Crippen LogP contribution >= 0.6 is 12.4 Å². The fourth-order valence-electron chi connectivity index (χ4n) is 4.32. The van der Waals surface area contributed by atoms with Crippen LogP contribution < -0.4 is 15.6 Å². The number of hydrogen-bond acceptors (Lipinski definition) is 3. The first kappa shape index (κ1) is 21.2. The third-order valence-corrected chi connectivity index (χ3v) is 5.91. The van der Waals surface area contributed by atoms with E-state index in [2.05, 4.69) is 29.1 Å². The monoisotopic (exact) mass is 435 g/mol. The van der Waals surface area contributed by atoms with E-state index in [1.54, 1.807) is 16.8 Å². The van der Waals surface area contributed by atoms with Gasteiger partial charge in [0.1, 0.15) is 12.4 Å². The molecule has 0 radical (unpaired) electrons. The van der Waals surface area contributed by atoms with Crippen molar-refractivity contribution in [1.29, 1.82) is 0 Å². The van der Waals surface area contributed by atoms with Crippen LogP contribution in [0.4, 0.5) is 0 Å². The molecule has 1 aliphatic heterocycles. The minimum absolute atomic E-state index is 0. The number of halogens is 1. The minimum Gasteiger partial charge on any atom is -0.489 e. The molecule has 1 N–H and O–H groups in total. The number of ether oxygens (including phenoxy) is 1. The number of nitrogens with zero attached hydrogens (tertiary/aromatic N) is 2. The van der Waals surface area contributed by atoms with Crippen molar-refractivity contribution >= 4 is 23.3 Å². The molecular formula is C25H26ClN3O2. The average Bonchev–Trinajstić information content (AvgIpc) is 2.92. The lowest BCUT2D eigenvalue weighted by Crippen LogP contribution is -2.16. The van der Waals surface area contributed by atoms with Crippen molar-refractivity contribution in [2.24, 2.45) is 7.05 Å². The lowest BCUT2D eigenvalue weighted by molar-refractivity contribution is 0.305. The summed E-state index contributed by atoms with van der Waals surface area (Å²) in [6, 6.07) is 19.6. The minimum atomic E-state index is -0.0997. The highest BCUT2D eigenvalue weighted by Gasteiger charge is 2.17. The van der Waals surface area contributed by atoms with Gasteiger partial charge in [0.15, 0.2) is 0 Å². The molecule has 5 nitrogen and oxygen atoms in total. The zero-order chi connectivity index (χ0) is 20.5. The van der Waals surface area contributed by atoms with E-state index in [1.807, 2.05) is 42.5 Å². The van der Waals surface area contributed by atoms with Gasteiger partial charge in [0.25, 0.3) is 5.56 Å². The summed E-state index contributed by atoms with van der Waals surface area (Å²) in [7, 11) is 2.12. The summed E-state index contributed by atoms with van der Waals surface area (Å²) in [4.78, 5) is 12.8. The number of hydrogen-bond donors (Lipinski definition) is 1. The highest BCUT2D eigenvalue weighted by Crippen LogP contribution is 2.29. The Kier molecular flexibility index (Phi) is 6.16. The first-order chi connectivity index (χ1) is 14.7. The fraction of sp³-hybridized carbons (Fsp3) is 0.240. The van der Waals surface area contributed by atoms with E-state index in [0.717, 1.165) is 42.7 Å². The lowest BCUT2D eigenvalue weighted by Gasteiger charge is -2.10. The summed E-state index contributed by atoms with van der Waals surface area (Å²) >= 11 is 0. The molecular weight excluding hydrogens is 410 g/mol. The second-order valence-corrected chi connectivity index (χ2v) is 7.81. The first-order valence-electron chi connectivity index (χ1n) is 10.4. The van der Waals surface area contributed by atoms with Crippen LogP contribution in [0.2, 0.25) is 0 Å². The van der Waals surface area contributed by atoms with Crippen molar-refractivity contribution in [2.75, 3.05) is 6.54 Å². The average molecular weight is 436 g/mol. The van der Waals surface area contributed by atoms with Gasteiger partial charge in [-0.15, -0.1) is 12.4 Å². The number of benzene rings is 2. The van der Waals surface area contributed by atoms with Crippen LogP contribution in [0, 0.1) is 0 Å². The number of nitrogens with one attached hydrogen (secondary N) is 1. The Morgan fingerprint density at radius 2 is 1.90 bits per heavy atom. The fourth-order valence-corrected chi connectivity index (χ4v) is 4.32. The quantitative estimate of drug-likeness (QED) is 0.518. The molecule has 4 aromatic rings. The maximum Gasteiger partial charge on any atom is 0.258 e. The van der Waals surface area contributed by atoms with Crippen LogP contribution in [0.3, 0.4) is 0 Å². The Morgan fingerprint density at radius 3 is 2.71 bits per heavy atom. The molecule has 0 amide bonds. The van der Waals surface area contributed by atoms with Crippen LogP contribution in [-0.2, 0) is 26.6 Å². The summed E-state index contributed by atoms with van der Waals surface area (Å²) < 4.78 is 9.75. The molecule has 1 aliphatic rings. The van der Waals surface area contributed by atoms with Gasteiger partial charge in [-0.1, -0.05) is 36.4 Å². The van der Waals surface area contributed by atoms with Crippen LogP contribution in [0.1, 0.15) is 23.2 Å². The summed E-state index contributed by atoms with van der Waals surface area (Å²) in [6.45, 7) is 2.40. The number of aryl methyl sites for hydroxylation is 1. The molecule has 0 bridgehead atoms. The molecule has 0 fully saturated rings. The summed E-state index contributed by atoms with van der Waals surface area (Å²) in [6.07, 6.45) is 4.02. The SMILES string of the molecule is Cl.Cn1c2c(c3ccc(-n4ccc(OCc5ccccc5)cc4=O)cc31)CNCCC2. The van der Waals surface area contributed by atoms with Gasteiger partial charge in [-0.25, -0.2) is 0 Å². The Balaban J connectivity index is 0.00000231. The second kappa shape index (κ2) is 9.00. The Morgan fingerprint density at radius 1 is 1.06 bits per heavy atom. The molecule has 0 atom stereocenters. The van der Waals surface area contributed by atoms with E-state index in [1.165, 1.54) is 16.6 Å². The predicted octanol–water partition coefficient (Wildman–Crippen LogP) is 4.37. The molecule has 0 aliphatic carbocycles. The third-order valence-electron chi connectivity index (χ3n) is 5.91. The van der Waals surface area contributed by atoms with Gasteiger partial charge in [0.05, 0.1) is 11.2 Å². The molecule has 6 heteroatoms. The predicted molar refractivity (Wildman–Crippen MR) is 127 cm³/mol. The van der Waals surface area contributed by atoms with Crippen molar-refractivity contribution in [3.8, 4) is 11.4 Å². The Labute approximate surface area is 187 Å². The van der Waals surface area contributed by atoms with Gasteiger partial charge in [0.2, 0.25) is 0 Å². The van der Waals surface area contributed by atoms with Crippen molar-refractivity contribution in [3.63, 3.8) is 0 Å². The normalized spacial score (nSPS) is 13.3. The highest BCUT2D eigenvalue weighted by atomic mass is 35.5. The van der Waals surface area contributed by atoms with Crippen molar-refractivity contribution in [1.82, 2.24) is 14.5 Å². The van der Waals surface area contributed by atoms with Crippen molar-refractivity contribution in [3.05, 3.63) is 94.0 Å². The topological polar surface area (TPSA) is 48.2 Å². The van der Waals surface area contributed by atoms with E-state index in [4.69, 9.17) is 4.74 Å². The zero-order valence-corrected chi connectivity index (χ0v) is 18.3. The van der Waals surface area contributed by atoms with E-state index < -0.39 is 0 Å². The highest BCUT2D eigenvalue weighted by molar-refractivity contribution is 5.87. The Hall–Kier alpha value is -3.02. The maximum absolute atomic E-state index is 12.8. The second-order valence-electron chi connectivity index (χ2n) is 7.81. The molecule has 0 spiro atoms. The van der Waals surface area contributed by atoms with E-state index >= 15 is 0 Å². The molecule has 2 aromatic heterocycles. The number of aromatic nitrogens is 2. The molecule has 31 heavy (non-hydrogen) atoms. The molecule has 0 saturated heterocycles. The summed E-state index contributed by atoms with van der Waals surface area (Å²) in [5, 5.41) is 4.78. The molecule has 2 aromatic carbocycles. The first-order valence-corrected chi connectivity index (χ1v) is 10.4. The molecule has 0 unspecified atom stereocenters. The standard InChI is InChI=1S/C25H25N3O2.ClH/c1-27-23-8-5-12-26-16-22(23)21-10-9-19(14-24(21)27)28-13-11-20(15-25(28)29)30-17-18-6-3-2-4-7-18;/h2-4,6-7,9-11,13-15,26H,5,8,12,16-17H2,1H3;1H. The maximum atomic E-state index is 12.8. The van der Waals surface area contributed by atoms with Crippen LogP contribution in [0.15, 0.2) is 71.7 Å². The van der Waals surface area contributed by atoms with E-state index in [-0.39, 0.29) is 18.0 Å². The van der Waals surface area contributed by atoms with Crippen LogP contribution in [0.5, 0.6) is 5.75 Å². The lowest BCUT2D eigenvalue weighted by atomic mass is 10.1. The number of pyridine rings is 1. The summed E-state index contributed by atoms with van der Waals surface area (Å²) in [5.41, 5.74) is 5.78. The molecule has 3 heterocycles. The van der Waals surface area contributed by atoms with Gasteiger partial charge in [0, 0.05) is 36.9 Å². The molecule has 160 valence electrons. The summed E-state index contributed by atoms with van der Waals surface area (Å²) in [5.74, 6) is 0.581. The van der Waals surface area contributed by atoms with Crippen LogP contribution in [0.25, 0.3) is 16.6 Å². The third kappa shape index (κ3) is 4.11. The van der Waals surface area contributed by atoms with Gasteiger partial charge in [-0.05, 0) is 48.7 Å². The van der Waals surface area contributed by atoms with E-state index in [9.17, 15) is 4.79 Å². The molecule has 5 rings (SSSR count). The largest absolute Gasteiger partial charge is 0.489 e. The van der Waals surface area contributed by atoms with Gasteiger partial charge in [-0.3, -0.25) is 9.36 Å². The van der Waals surface area contributed by atoms with Crippen molar-refractivity contribution < 1.29 is 4.74 Å². The zero-order valence-electron chi connectivity index (χ0n) is 17.5. The Bertz CT molecular complexity index is 1260. The van der Waals surface area contributed by atoms with Crippen molar-refractivity contribution in [2.45, 2.75) is 26.0 Å². The molecule has 0 saturated carbocycles.